The molecule has 2 aromatic rings. The number of hydrogen-bond donors (Lipinski definition) is 2. The molecule has 1 aromatic carbocycles. The van der Waals surface area contributed by atoms with Crippen LogP contribution in [0.3, 0.4) is 0 Å². The van der Waals surface area contributed by atoms with E-state index in [9.17, 15) is 9.59 Å². The molecule has 2 N–H and O–H groups in total. The third kappa shape index (κ3) is 4.92. The van der Waals surface area contributed by atoms with E-state index in [0.717, 1.165) is 18.7 Å². The molecule has 1 heterocycles. The number of aryl methyl sites for hydroxylation is 1. The molecule has 0 bridgehead atoms. The lowest BCUT2D eigenvalue weighted by molar-refractivity contribution is -0.119. The van der Waals surface area contributed by atoms with Gasteiger partial charge in [-0.25, -0.2) is 4.98 Å². The normalized spacial score (nSPS) is 11.8. The summed E-state index contributed by atoms with van der Waals surface area (Å²) < 4.78 is 2.02. The van der Waals surface area contributed by atoms with Gasteiger partial charge in [0.2, 0.25) is 5.91 Å². The summed E-state index contributed by atoms with van der Waals surface area (Å²) in [6.07, 6.45) is 5.28. The highest BCUT2D eigenvalue weighted by molar-refractivity contribution is 6.04. The van der Waals surface area contributed by atoms with Crippen molar-refractivity contribution in [3.05, 3.63) is 48.0 Å². The number of para-hydroxylation sites is 1. The molecule has 0 spiro atoms. The molecule has 2 amide bonds. The number of rotatable bonds is 8. The van der Waals surface area contributed by atoms with Crippen molar-refractivity contribution in [2.75, 3.05) is 11.9 Å². The van der Waals surface area contributed by atoms with E-state index < -0.39 is 0 Å². The Morgan fingerprint density at radius 1 is 1.24 bits per heavy atom. The zero-order valence-corrected chi connectivity index (χ0v) is 15.1. The first-order valence-electron chi connectivity index (χ1n) is 8.74. The quantitative estimate of drug-likeness (QED) is 0.774. The average molecular weight is 342 g/mol. The number of nitrogens with one attached hydrogen (secondary N) is 2. The summed E-state index contributed by atoms with van der Waals surface area (Å²) in [5.41, 5.74) is 1.02. The van der Waals surface area contributed by atoms with Gasteiger partial charge >= 0.3 is 0 Å². The molecular formula is C19H26N4O2. The van der Waals surface area contributed by atoms with Crippen LogP contribution in [0.1, 0.15) is 43.4 Å². The number of hydrogen-bond acceptors (Lipinski definition) is 3. The predicted octanol–water partition coefficient (Wildman–Crippen LogP) is 2.86. The van der Waals surface area contributed by atoms with E-state index in [1.807, 2.05) is 37.6 Å². The fraction of sp³-hybridized carbons (Fsp3) is 0.421. The van der Waals surface area contributed by atoms with Gasteiger partial charge in [-0.2, -0.15) is 0 Å². The van der Waals surface area contributed by atoms with E-state index in [0.29, 0.717) is 24.3 Å². The number of benzene rings is 1. The summed E-state index contributed by atoms with van der Waals surface area (Å²) in [6.45, 7) is 7.04. The summed E-state index contributed by atoms with van der Waals surface area (Å²) >= 11 is 0. The Hall–Kier alpha value is -2.63. The minimum Gasteiger partial charge on any atom is -0.350 e. The van der Waals surface area contributed by atoms with Crippen molar-refractivity contribution in [2.45, 2.75) is 40.2 Å². The van der Waals surface area contributed by atoms with Crippen molar-refractivity contribution in [3.63, 3.8) is 0 Å². The number of anilines is 1. The monoisotopic (exact) mass is 342 g/mol. The Morgan fingerprint density at radius 3 is 2.72 bits per heavy atom. The first kappa shape index (κ1) is 18.7. The topological polar surface area (TPSA) is 76.0 Å². The number of carbonyl (C=O) groups is 2. The molecule has 0 fully saturated rings. The molecule has 0 saturated heterocycles. The van der Waals surface area contributed by atoms with Crippen LogP contribution in [0, 0.1) is 5.92 Å². The van der Waals surface area contributed by atoms with Gasteiger partial charge in [-0.3, -0.25) is 9.59 Å². The largest absolute Gasteiger partial charge is 0.350 e. The lowest BCUT2D eigenvalue weighted by Crippen LogP contribution is -2.29. The lowest BCUT2D eigenvalue weighted by Gasteiger charge is -2.14. The molecule has 134 valence electrons. The van der Waals surface area contributed by atoms with Gasteiger partial charge in [-0.05, 0) is 18.6 Å². The summed E-state index contributed by atoms with van der Waals surface area (Å²) in [5.74, 6) is 0.632. The Labute approximate surface area is 148 Å². The van der Waals surface area contributed by atoms with E-state index >= 15 is 0 Å². The van der Waals surface area contributed by atoms with Crippen molar-refractivity contribution in [1.29, 1.82) is 0 Å². The van der Waals surface area contributed by atoms with Gasteiger partial charge in [0.25, 0.3) is 5.91 Å². The standard InChI is InChI=1S/C19H26N4O2/c1-4-14(3)18(24)22-16-9-7-6-8-15(16)19(25)21-11-13-23-12-10-20-17(23)5-2/h6-10,12,14H,4-5,11,13H2,1-3H3,(H,21,25)(H,22,24). The van der Waals surface area contributed by atoms with Gasteiger partial charge in [0.15, 0.2) is 0 Å². The summed E-state index contributed by atoms with van der Waals surface area (Å²) in [7, 11) is 0. The molecule has 2 rings (SSSR count). The summed E-state index contributed by atoms with van der Waals surface area (Å²) in [5, 5.41) is 5.76. The number of aromatic nitrogens is 2. The number of imidazole rings is 1. The molecule has 1 atom stereocenters. The van der Waals surface area contributed by atoms with Crippen LogP contribution in [-0.4, -0.2) is 27.9 Å². The fourth-order valence-corrected chi connectivity index (χ4v) is 2.47. The van der Waals surface area contributed by atoms with Gasteiger partial charge in [0.1, 0.15) is 5.82 Å². The van der Waals surface area contributed by atoms with Gasteiger partial charge < -0.3 is 15.2 Å². The minimum absolute atomic E-state index is 0.0752. The lowest BCUT2D eigenvalue weighted by atomic mass is 10.1. The van der Waals surface area contributed by atoms with Crippen molar-refractivity contribution in [3.8, 4) is 0 Å². The molecule has 6 nitrogen and oxygen atoms in total. The third-order valence-corrected chi connectivity index (χ3v) is 4.25. The molecule has 0 aliphatic heterocycles. The molecule has 1 aromatic heterocycles. The van der Waals surface area contributed by atoms with Gasteiger partial charge in [-0.1, -0.05) is 32.9 Å². The van der Waals surface area contributed by atoms with E-state index in [4.69, 9.17) is 0 Å². The SMILES string of the molecule is CCc1nccn1CCNC(=O)c1ccccc1NC(=O)C(C)CC. The van der Waals surface area contributed by atoms with Crippen LogP contribution in [0.15, 0.2) is 36.7 Å². The molecular weight excluding hydrogens is 316 g/mol. The van der Waals surface area contributed by atoms with Gasteiger partial charge in [-0.15, -0.1) is 0 Å². The minimum atomic E-state index is -0.196. The molecule has 25 heavy (non-hydrogen) atoms. The predicted molar refractivity (Wildman–Crippen MR) is 98.5 cm³/mol. The van der Waals surface area contributed by atoms with Crippen LogP contribution in [0.2, 0.25) is 0 Å². The molecule has 1 unspecified atom stereocenters. The van der Waals surface area contributed by atoms with E-state index in [-0.39, 0.29) is 17.7 Å². The molecule has 6 heteroatoms. The van der Waals surface area contributed by atoms with Crippen molar-refractivity contribution in [2.24, 2.45) is 5.92 Å². The Bertz CT molecular complexity index is 724. The average Bonchev–Trinajstić information content (AvgIpc) is 3.08. The second-order valence-electron chi connectivity index (χ2n) is 5.99. The summed E-state index contributed by atoms with van der Waals surface area (Å²) in [6, 6.07) is 7.07. The second kappa shape index (κ2) is 9.01. The van der Waals surface area contributed by atoms with E-state index in [1.165, 1.54) is 0 Å². The third-order valence-electron chi connectivity index (χ3n) is 4.25. The highest BCUT2D eigenvalue weighted by Crippen LogP contribution is 2.16. The number of nitrogens with zero attached hydrogens (tertiary/aromatic N) is 2. The van der Waals surface area contributed by atoms with Crippen LogP contribution in [0.4, 0.5) is 5.69 Å². The zero-order valence-electron chi connectivity index (χ0n) is 15.1. The van der Waals surface area contributed by atoms with Crippen molar-refractivity contribution < 1.29 is 9.59 Å². The highest BCUT2D eigenvalue weighted by Gasteiger charge is 2.15. The summed E-state index contributed by atoms with van der Waals surface area (Å²) in [4.78, 5) is 28.9. The second-order valence-corrected chi connectivity index (χ2v) is 5.99. The van der Waals surface area contributed by atoms with Crippen molar-refractivity contribution in [1.82, 2.24) is 14.9 Å². The van der Waals surface area contributed by atoms with Crippen LogP contribution in [-0.2, 0) is 17.8 Å². The molecule has 0 aliphatic rings. The first-order chi connectivity index (χ1) is 12.1. The van der Waals surface area contributed by atoms with Gasteiger partial charge in [0.05, 0.1) is 11.3 Å². The highest BCUT2D eigenvalue weighted by atomic mass is 16.2. The number of amides is 2. The van der Waals surface area contributed by atoms with Crippen LogP contribution in [0.25, 0.3) is 0 Å². The molecule has 0 radical (unpaired) electrons. The first-order valence-corrected chi connectivity index (χ1v) is 8.74. The van der Waals surface area contributed by atoms with Crippen LogP contribution in [0.5, 0.6) is 0 Å². The zero-order chi connectivity index (χ0) is 18.2. The molecule has 0 saturated carbocycles. The van der Waals surface area contributed by atoms with Gasteiger partial charge in [0, 0.05) is 37.8 Å². The van der Waals surface area contributed by atoms with E-state index in [1.54, 1.807) is 24.4 Å². The van der Waals surface area contributed by atoms with Crippen molar-refractivity contribution >= 4 is 17.5 Å². The Kier molecular flexibility index (Phi) is 6.74. The Morgan fingerprint density at radius 2 is 2.00 bits per heavy atom. The van der Waals surface area contributed by atoms with Crippen LogP contribution >= 0.6 is 0 Å². The molecule has 0 aliphatic carbocycles. The van der Waals surface area contributed by atoms with Crippen LogP contribution < -0.4 is 10.6 Å². The number of carbonyl (C=O) groups excluding carboxylic acids is 2. The maximum absolute atomic E-state index is 12.5. The fourth-order valence-electron chi connectivity index (χ4n) is 2.47. The maximum Gasteiger partial charge on any atom is 0.253 e. The maximum atomic E-state index is 12.5. The van der Waals surface area contributed by atoms with E-state index in [2.05, 4.69) is 15.6 Å². The Balaban J connectivity index is 1.98. The smallest absolute Gasteiger partial charge is 0.253 e.